The fraction of sp³-hybridized carbons (Fsp3) is 0.480. The normalized spacial score (nSPS) is 20.9. The number of hydrogen-bond donors (Lipinski definition) is 2. The lowest BCUT2D eigenvalue weighted by atomic mass is 9.92. The van der Waals surface area contributed by atoms with E-state index in [-0.39, 0.29) is 11.9 Å². The lowest BCUT2D eigenvalue weighted by Gasteiger charge is -2.43. The van der Waals surface area contributed by atoms with Gasteiger partial charge in [0.15, 0.2) is 0 Å². The highest BCUT2D eigenvalue weighted by Crippen LogP contribution is 2.34. The molecule has 4 rings (SSSR count). The molecule has 0 aliphatic carbocycles. The molecule has 2 aliphatic heterocycles. The summed E-state index contributed by atoms with van der Waals surface area (Å²) in [6.45, 7) is 6.03. The highest BCUT2D eigenvalue weighted by atomic mass is 32.2. The van der Waals surface area contributed by atoms with Gasteiger partial charge in [-0.15, -0.1) is 0 Å². The Kier molecular flexibility index (Phi) is 7.67. The Labute approximate surface area is 201 Å². The summed E-state index contributed by atoms with van der Waals surface area (Å²) >= 11 is 0. The summed E-state index contributed by atoms with van der Waals surface area (Å²) in [7, 11) is -3.31. The first-order valence-corrected chi connectivity index (χ1v) is 13.5. The topological polar surface area (TPSA) is 85.7 Å². The lowest BCUT2D eigenvalue weighted by molar-refractivity contribution is 0.0334. The Morgan fingerprint density at radius 1 is 1.18 bits per heavy atom. The maximum Gasteiger partial charge on any atom is 0.211 e. The number of piperazine rings is 1. The predicted octanol–water partition coefficient (Wildman–Crippen LogP) is 3.92. The van der Waals surface area contributed by atoms with E-state index in [9.17, 15) is 12.8 Å². The Balaban J connectivity index is 1.65. The van der Waals surface area contributed by atoms with Crippen LogP contribution in [0.1, 0.15) is 35.6 Å². The maximum absolute atomic E-state index is 13.3. The van der Waals surface area contributed by atoms with Crippen LogP contribution in [-0.2, 0) is 14.8 Å². The molecule has 2 aromatic carbocycles. The van der Waals surface area contributed by atoms with Crippen LogP contribution in [0.25, 0.3) is 0 Å². The van der Waals surface area contributed by atoms with Crippen LogP contribution in [0.5, 0.6) is 0 Å². The van der Waals surface area contributed by atoms with Gasteiger partial charge >= 0.3 is 0 Å². The fourth-order valence-electron chi connectivity index (χ4n) is 4.89. The average molecular weight is 489 g/mol. The summed E-state index contributed by atoms with van der Waals surface area (Å²) in [5.74, 6) is 0.227. The van der Waals surface area contributed by atoms with E-state index < -0.39 is 10.0 Å². The van der Waals surface area contributed by atoms with Crippen molar-refractivity contribution in [3.05, 3.63) is 58.9 Å². The SMILES string of the molecule is Cc1cc(Nc2ccc(F)cc2)c(C=N)cc1[C@H]1CN(S(C)(=O)=O)CCN1CC1CCOCC1. The van der Waals surface area contributed by atoms with E-state index in [4.69, 9.17) is 10.1 Å². The first kappa shape index (κ1) is 24.8. The molecule has 184 valence electrons. The zero-order valence-corrected chi connectivity index (χ0v) is 20.6. The summed E-state index contributed by atoms with van der Waals surface area (Å²) in [6.07, 6.45) is 4.60. The second-order valence-corrected chi connectivity index (χ2v) is 11.2. The number of sulfonamides is 1. The summed E-state index contributed by atoms with van der Waals surface area (Å²) < 4.78 is 45.1. The van der Waals surface area contributed by atoms with E-state index in [1.807, 2.05) is 19.1 Å². The third-order valence-corrected chi connectivity index (χ3v) is 8.10. The molecule has 1 atom stereocenters. The maximum atomic E-state index is 13.3. The van der Waals surface area contributed by atoms with Crippen molar-refractivity contribution >= 4 is 27.6 Å². The van der Waals surface area contributed by atoms with E-state index in [1.165, 1.54) is 24.6 Å². The molecule has 0 spiro atoms. The molecule has 0 unspecified atom stereocenters. The Bertz CT molecular complexity index is 1120. The summed E-state index contributed by atoms with van der Waals surface area (Å²) in [4.78, 5) is 2.40. The van der Waals surface area contributed by atoms with Crippen molar-refractivity contribution in [3.63, 3.8) is 0 Å². The van der Waals surface area contributed by atoms with Gasteiger partial charge in [0.1, 0.15) is 5.82 Å². The Hall–Kier alpha value is -2.33. The van der Waals surface area contributed by atoms with Crippen molar-refractivity contribution < 1.29 is 17.5 Å². The molecule has 7 nitrogen and oxygen atoms in total. The highest BCUT2D eigenvalue weighted by molar-refractivity contribution is 7.88. The third kappa shape index (κ3) is 5.83. The van der Waals surface area contributed by atoms with Crippen LogP contribution in [-0.4, -0.2) is 69.5 Å². The smallest absolute Gasteiger partial charge is 0.211 e. The van der Waals surface area contributed by atoms with Gasteiger partial charge in [-0.2, -0.15) is 4.31 Å². The minimum Gasteiger partial charge on any atom is -0.381 e. The Morgan fingerprint density at radius 2 is 1.88 bits per heavy atom. The minimum absolute atomic E-state index is 0.0927. The highest BCUT2D eigenvalue weighted by Gasteiger charge is 2.34. The first-order chi connectivity index (χ1) is 16.2. The fourth-order valence-corrected chi connectivity index (χ4v) is 5.71. The van der Waals surface area contributed by atoms with Gasteiger partial charge in [0.2, 0.25) is 10.0 Å². The summed E-state index contributed by atoms with van der Waals surface area (Å²) in [5.41, 5.74) is 4.25. The van der Waals surface area contributed by atoms with E-state index in [0.717, 1.165) is 55.1 Å². The van der Waals surface area contributed by atoms with Gasteiger partial charge in [-0.25, -0.2) is 12.8 Å². The van der Waals surface area contributed by atoms with Crippen LogP contribution in [0.3, 0.4) is 0 Å². The molecule has 2 fully saturated rings. The quantitative estimate of drug-likeness (QED) is 0.577. The molecule has 2 aromatic rings. The third-order valence-electron chi connectivity index (χ3n) is 6.83. The molecule has 34 heavy (non-hydrogen) atoms. The number of rotatable bonds is 7. The van der Waals surface area contributed by atoms with Gasteiger partial charge in [-0.3, -0.25) is 4.90 Å². The molecule has 0 bridgehead atoms. The largest absolute Gasteiger partial charge is 0.381 e. The van der Waals surface area contributed by atoms with Crippen LogP contribution in [0.2, 0.25) is 0 Å². The van der Waals surface area contributed by atoms with Crippen LogP contribution in [0.15, 0.2) is 36.4 Å². The molecule has 2 saturated heterocycles. The van der Waals surface area contributed by atoms with E-state index >= 15 is 0 Å². The Morgan fingerprint density at radius 3 is 2.53 bits per heavy atom. The standard InChI is InChI=1S/C25H33FN4O3S/c1-18-13-24(28-22-5-3-21(26)4-6-22)20(15-27)14-23(18)25-17-30(34(2,31)32)10-9-29(25)16-19-7-11-33-12-8-19/h3-6,13-15,19,25,27-28H,7-12,16-17H2,1-2H3/t25-/m1/s1. The van der Waals surface area contributed by atoms with Gasteiger partial charge in [-0.1, -0.05) is 0 Å². The van der Waals surface area contributed by atoms with Crippen LogP contribution < -0.4 is 5.32 Å². The summed E-state index contributed by atoms with van der Waals surface area (Å²) in [6, 6.07) is 9.99. The van der Waals surface area contributed by atoms with Crippen molar-refractivity contribution in [3.8, 4) is 0 Å². The second-order valence-electron chi connectivity index (χ2n) is 9.26. The zero-order chi connectivity index (χ0) is 24.3. The molecule has 2 aliphatic rings. The minimum atomic E-state index is -3.31. The van der Waals surface area contributed by atoms with Gasteiger partial charge in [0, 0.05) is 68.6 Å². The monoisotopic (exact) mass is 488 g/mol. The molecule has 9 heteroatoms. The molecule has 2 N–H and O–H groups in total. The molecular formula is C25H33FN4O3S. The van der Waals surface area contributed by atoms with Crippen molar-refractivity contribution in [2.24, 2.45) is 5.92 Å². The van der Waals surface area contributed by atoms with Crippen LogP contribution in [0.4, 0.5) is 15.8 Å². The first-order valence-electron chi connectivity index (χ1n) is 11.7. The van der Waals surface area contributed by atoms with Gasteiger partial charge in [-0.05, 0) is 73.2 Å². The van der Waals surface area contributed by atoms with Crippen molar-refractivity contribution in [2.75, 3.05) is 51.0 Å². The van der Waals surface area contributed by atoms with Gasteiger partial charge < -0.3 is 15.5 Å². The number of nitrogens with one attached hydrogen (secondary N) is 2. The molecule has 2 heterocycles. The van der Waals surface area contributed by atoms with E-state index in [1.54, 1.807) is 16.4 Å². The average Bonchev–Trinajstić information content (AvgIpc) is 2.81. The van der Waals surface area contributed by atoms with E-state index in [2.05, 4.69) is 10.2 Å². The lowest BCUT2D eigenvalue weighted by Crippen LogP contribution is -2.51. The van der Waals surface area contributed by atoms with Gasteiger partial charge in [0.25, 0.3) is 0 Å². The molecule has 0 amide bonds. The number of halogens is 1. The van der Waals surface area contributed by atoms with E-state index in [0.29, 0.717) is 31.1 Å². The van der Waals surface area contributed by atoms with Crippen molar-refractivity contribution in [2.45, 2.75) is 25.8 Å². The van der Waals surface area contributed by atoms with Crippen LogP contribution in [0, 0.1) is 24.1 Å². The predicted molar refractivity (Wildman–Crippen MR) is 133 cm³/mol. The van der Waals surface area contributed by atoms with Crippen molar-refractivity contribution in [1.82, 2.24) is 9.21 Å². The number of benzene rings is 2. The summed E-state index contributed by atoms with van der Waals surface area (Å²) in [5, 5.41) is 11.3. The zero-order valence-electron chi connectivity index (χ0n) is 19.8. The molecule has 0 saturated carbocycles. The number of ether oxygens (including phenoxy) is 1. The molecule has 0 radical (unpaired) electrons. The molecular weight excluding hydrogens is 455 g/mol. The number of aryl methyl sites for hydroxylation is 1. The molecule has 0 aromatic heterocycles. The number of hydrogen-bond acceptors (Lipinski definition) is 6. The number of anilines is 2. The van der Waals surface area contributed by atoms with Crippen molar-refractivity contribution in [1.29, 1.82) is 5.41 Å². The van der Waals surface area contributed by atoms with Crippen LogP contribution >= 0.6 is 0 Å². The van der Waals surface area contributed by atoms with Gasteiger partial charge in [0.05, 0.1) is 6.26 Å². The second kappa shape index (κ2) is 10.5. The number of nitrogens with zero attached hydrogens (tertiary/aromatic N) is 2.